The van der Waals surface area contributed by atoms with Gasteiger partial charge in [-0.1, -0.05) is 0 Å². The van der Waals surface area contributed by atoms with Crippen molar-refractivity contribution in [2.45, 2.75) is 31.8 Å². The Kier molecular flexibility index (Phi) is 4.57. The summed E-state index contributed by atoms with van der Waals surface area (Å²) in [4.78, 5) is 0. The van der Waals surface area contributed by atoms with Gasteiger partial charge in [-0.3, -0.25) is 0 Å². The Hall–Kier alpha value is -0.130. The van der Waals surface area contributed by atoms with Crippen LogP contribution < -0.4 is 0 Å². The average Bonchev–Trinajstić information content (AvgIpc) is 2.15. The van der Waals surface area contributed by atoms with Gasteiger partial charge in [0.2, 0.25) is 0 Å². The Morgan fingerprint density at radius 3 is 3.08 bits per heavy atom. The SMILES string of the molecule is C#CCCC(O)C1CCCSC1. The zero-order valence-corrected chi connectivity index (χ0v) is 8.15. The molecule has 0 aliphatic carbocycles. The molecule has 0 amide bonds. The van der Waals surface area contributed by atoms with Crippen LogP contribution in [0.2, 0.25) is 0 Å². The van der Waals surface area contributed by atoms with E-state index in [0.29, 0.717) is 12.3 Å². The summed E-state index contributed by atoms with van der Waals surface area (Å²) in [6, 6.07) is 0. The molecule has 0 spiro atoms. The smallest absolute Gasteiger partial charge is 0.0585 e. The van der Waals surface area contributed by atoms with Crippen molar-refractivity contribution < 1.29 is 5.11 Å². The van der Waals surface area contributed by atoms with Gasteiger partial charge in [0.15, 0.2) is 0 Å². The summed E-state index contributed by atoms with van der Waals surface area (Å²) >= 11 is 1.95. The van der Waals surface area contributed by atoms with Crippen LogP contribution in [-0.2, 0) is 0 Å². The summed E-state index contributed by atoms with van der Waals surface area (Å²) in [5, 5.41) is 9.70. The summed E-state index contributed by atoms with van der Waals surface area (Å²) < 4.78 is 0. The summed E-state index contributed by atoms with van der Waals surface area (Å²) in [7, 11) is 0. The Bertz CT molecular complexity index is 156. The predicted octanol–water partition coefficient (Wildman–Crippen LogP) is 1.90. The number of rotatable bonds is 3. The van der Waals surface area contributed by atoms with Crippen molar-refractivity contribution in [3.63, 3.8) is 0 Å². The number of aliphatic hydroxyl groups is 1. The summed E-state index contributed by atoms with van der Waals surface area (Å²) in [6.07, 6.45) is 8.90. The zero-order valence-electron chi connectivity index (χ0n) is 7.33. The molecule has 0 aromatic rings. The second-order valence-electron chi connectivity index (χ2n) is 3.29. The first-order valence-electron chi connectivity index (χ1n) is 4.54. The normalized spacial score (nSPS) is 26.2. The summed E-state index contributed by atoms with van der Waals surface area (Å²) in [5.41, 5.74) is 0. The third kappa shape index (κ3) is 3.08. The minimum Gasteiger partial charge on any atom is -0.393 e. The van der Waals surface area contributed by atoms with Gasteiger partial charge in [0.05, 0.1) is 6.10 Å². The average molecular weight is 184 g/mol. The number of hydrogen-bond donors (Lipinski definition) is 1. The molecule has 1 rings (SSSR count). The molecule has 1 aliphatic heterocycles. The minimum atomic E-state index is -0.158. The van der Waals surface area contributed by atoms with E-state index in [-0.39, 0.29) is 6.10 Å². The molecule has 0 aromatic carbocycles. The molecular weight excluding hydrogens is 168 g/mol. The van der Waals surface area contributed by atoms with Crippen LogP contribution in [0, 0.1) is 18.3 Å². The quantitative estimate of drug-likeness (QED) is 0.676. The van der Waals surface area contributed by atoms with E-state index in [1.54, 1.807) is 0 Å². The van der Waals surface area contributed by atoms with Gasteiger partial charge in [-0.15, -0.1) is 12.3 Å². The molecule has 0 aromatic heterocycles. The molecule has 1 aliphatic rings. The molecule has 0 radical (unpaired) electrons. The lowest BCUT2D eigenvalue weighted by Gasteiger charge is -2.25. The van der Waals surface area contributed by atoms with E-state index in [9.17, 15) is 5.11 Å². The van der Waals surface area contributed by atoms with E-state index in [0.717, 1.165) is 12.2 Å². The molecule has 2 atom stereocenters. The van der Waals surface area contributed by atoms with Crippen molar-refractivity contribution in [1.29, 1.82) is 0 Å². The second kappa shape index (κ2) is 5.50. The third-order valence-corrected chi connectivity index (χ3v) is 3.57. The lowest BCUT2D eigenvalue weighted by Crippen LogP contribution is -2.25. The first-order valence-corrected chi connectivity index (χ1v) is 5.69. The van der Waals surface area contributed by atoms with Crippen LogP contribution in [-0.4, -0.2) is 22.7 Å². The maximum absolute atomic E-state index is 9.70. The fourth-order valence-electron chi connectivity index (χ4n) is 1.54. The maximum atomic E-state index is 9.70. The van der Waals surface area contributed by atoms with E-state index in [4.69, 9.17) is 6.42 Å². The highest BCUT2D eigenvalue weighted by molar-refractivity contribution is 7.99. The van der Waals surface area contributed by atoms with Gasteiger partial charge in [-0.05, 0) is 36.7 Å². The van der Waals surface area contributed by atoms with Crippen molar-refractivity contribution in [2.24, 2.45) is 5.92 Å². The molecule has 1 N–H and O–H groups in total. The number of hydrogen-bond acceptors (Lipinski definition) is 2. The lowest BCUT2D eigenvalue weighted by atomic mass is 9.95. The second-order valence-corrected chi connectivity index (χ2v) is 4.44. The van der Waals surface area contributed by atoms with Crippen molar-refractivity contribution in [1.82, 2.24) is 0 Å². The largest absolute Gasteiger partial charge is 0.393 e. The van der Waals surface area contributed by atoms with Gasteiger partial charge in [-0.25, -0.2) is 0 Å². The number of thioether (sulfide) groups is 1. The molecule has 12 heavy (non-hydrogen) atoms. The van der Waals surface area contributed by atoms with Gasteiger partial charge in [-0.2, -0.15) is 11.8 Å². The third-order valence-electron chi connectivity index (χ3n) is 2.32. The van der Waals surface area contributed by atoms with Crippen LogP contribution in [0.3, 0.4) is 0 Å². The Morgan fingerprint density at radius 1 is 1.67 bits per heavy atom. The van der Waals surface area contributed by atoms with Crippen molar-refractivity contribution in [3.8, 4) is 12.3 Å². The Balaban J connectivity index is 2.21. The van der Waals surface area contributed by atoms with Crippen LogP contribution in [0.4, 0.5) is 0 Å². The van der Waals surface area contributed by atoms with Gasteiger partial charge < -0.3 is 5.11 Å². The van der Waals surface area contributed by atoms with Crippen LogP contribution in [0.5, 0.6) is 0 Å². The molecule has 2 heteroatoms. The minimum absolute atomic E-state index is 0.158. The molecule has 68 valence electrons. The van der Waals surface area contributed by atoms with Crippen LogP contribution >= 0.6 is 11.8 Å². The standard InChI is InChI=1S/C10H16OS/c1-2-3-6-10(11)9-5-4-7-12-8-9/h1,9-11H,3-8H2. The molecular formula is C10H16OS. The van der Waals surface area contributed by atoms with Gasteiger partial charge >= 0.3 is 0 Å². The highest BCUT2D eigenvalue weighted by Gasteiger charge is 2.20. The number of aliphatic hydroxyl groups excluding tert-OH is 1. The monoisotopic (exact) mass is 184 g/mol. The van der Waals surface area contributed by atoms with Crippen LogP contribution in [0.25, 0.3) is 0 Å². The van der Waals surface area contributed by atoms with Crippen molar-refractivity contribution in [3.05, 3.63) is 0 Å². The fourth-order valence-corrected chi connectivity index (χ4v) is 2.77. The maximum Gasteiger partial charge on any atom is 0.0585 e. The topological polar surface area (TPSA) is 20.2 Å². The number of terminal acetylenes is 1. The molecule has 1 nitrogen and oxygen atoms in total. The Labute approximate surface area is 78.9 Å². The summed E-state index contributed by atoms with van der Waals surface area (Å²) in [5.74, 6) is 5.45. The first-order chi connectivity index (χ1) is 5.84. The summed E-state index contributed by atoms with van der Waals surface area (Å²) in [6.45, 7) is 0. The predicted molar refractivity (Wildman–Crippen MR) is 54.1 cm³/mol. The van der Waals surface area contributed by atoms with E-state index >= 15 is 0 Å². The molecule has 1 heterocycles. The van der Waals surface area contributed by atoms with Gasteiger partial charge in [0, 0.05) is 6.42 Å². The molecule has 0 saturated carbocycles. The van der Waals surface area contributed by atoms with E-state index in [1.807, 2.05) is 11.8 Å². The van der Waals surface area contributed by atoms with Crippen molar-refractivity contribution >= 4 is 11.8 Å². The van der Waals surface area contributed by atoms with Crippen LogP contribution in [0.1, 0.15) is 25.7 Å². The van der Waals surface area contributed by atoms with Gasteiger partial charge in [0.1, 0.15) is 0 Å². The molecule has 2 unspecified atom stereocenters. The van der Waals surface area contributed by atoms with E-state index in [2.05, 4.69) is 5.92 Å². The van der Waals surface area contributed by atoms with Crippen LogP contribution in [0.15, 0.2) is 0 Å². The lowest BCUT2D eigenvalue weighted by molar-refractivity contribution is 0.105. The molecule has 1 fully saturated rings. The Morgan fingerprint density at radius 2 is 2.50 bits per heavy atom. The van der Waals surface area contributed by atoms with Gasteiger partial charge in [0.25, 0.3) is 0 Å². The van der Waals surface area contributed by atoms with Crippen molar-refractivity contribution in [2.75, 3.05) is 11.5 Å². The van der Waals surface area contributed by atoms with E-state index < -0.39 is 0 Å². The molecule has 1 saturated heterocycles. The first kappa shape index (κ1) is 9.95. The zero-order chi connectivity index (χ0) is 8.81. The van der Waals surface area contributed by atoms with E-state index in [1.165, 1.54) is 18.6 Å². The highest BCUT2D eigenvalue weighted by atomic mass is 32.2. The fraction of sp³-hybridized carbons (Fsp3) is 0.800. The highest BCUT2D eigenvalue weighted by Crippen LogP contribution is 2.26. The molecule has 0 bridgehead atoms.